The Morgan fingerprint density at radius 2 is 1.92 bits per heavy atom. The number of hydrogen-bond donors (Lipinski definition) is 2. The summed E-state index contributed by atoms with van der Waals surface area (Å²) in [6.45, 7) is 6.57. The summed E-state index contributed by atoms with van der Waals surface area (Å²) < 4.78 is 26.3. The lowest BCUT2D eigenvalue weighted by molar-refractivity contribution is -0.0934. The van der Waals surface area contributed by atoms with Gasteiger partial charge in [0.1, 0.15) is 23.9 Å². The predicted octanol–water partition coefficient (Wildman–Crippen LogP) is 6.16. The largest absolute Gasteiger partial charge is 0.504 e. The van der Waals surface area contributed by atoms with E-state index in [2.05, 4.69) is 15.3 Å². The van der Waals surface area contributed by atoms with Crippen molar-refractivity contribution in [1.29, 1.82) is 0 Å². The van der Waals surface area contributed by atoms with Crippen molar-refractivity contribution < 1.29 is 23.8 Å². The predicted molar refractivity (Wildman–Crippen MR) is 135 cm³/mol. The summed E-state index contributed by atoms with van der Waals surface area (Å²) in [5.41, 5.74) is -0.0158. The Hall–Kier alpha value is -3.04. The average Bonchev–Trinajstić information content (AvgIpc) is 2.82. The van der Waals surface area contributed by atoms with Crippen molar-refractivity contribution in [2.24, 2.45) is 11.8 Å². The van der Waals surface area contributed by atoms with Gasteiger partial charge in [0.25, 0.3) is 0 Å². The van der Waals surface area contributed by atoms with Crippen molar-refractivity contribution in [1.82, 2.24) is 14.9 Å². The normalized spacial score (nSPS) is 21.2. The molecule has 2 bridgehead atoms. The molecule has 1 aliphatic carbocycles. The highest BCUT2D eigenvalue weighted by Gasteiger charge is 2.50. The van der Waals surface area contributed by atoms with E-state index in [9.17, 15) is 14.3 Å². The maximum Gasteiger partial charge on any atom is 0.410 e. The maximum atomic E-state index is 14.6. The number of phenolic OH excluding ortho intramolecular Hbond substituents is 1. The van der Waals surface area contributed by atoms with Crippen LogP contribution in [0.3, 0.4) is 0 Å². The van der Waals surface area contributed by atoms with Gasteiger partial charge in [-0.15, -0.1) is 0 Å². The van der Waals surface area contributed by atoms with Gasteiger partial charge in [-0.2, -0.15) is 0 Å². The molecule has 2 N–H and O–H groups in total. The minimum Gasteiger partial charge on any atom is -0.504 e. The standard InChI is InChI=1S/C25H25Cl2FN4O4/c1-25(2,3)36-24(34)32-9-12-6-13(10-32)22(12)35-19-7-14-17(8-18(19)33)29-11-30-23(14)31-16-5-4-15(26)20(27)21(16)28/h4-5,7-8,11-13,22,33H,6,9-10H2,1-3H3,(H,29,30,31)/t12-,13+,22?. The summed E-state index contributed by atoms with van der Waals surface area (Å²) in [4.78, 5) is 22.6. The Balaban J connectivity index is 1.36. The summed E-state index contributed by atoms with van der Waals surface area (Å²) in [7, 11) is 0. The van der Waals surface area contributed by atoms with Gasteiger partial charge < -0.3 is 24.8 Å². The second kappa shape index (κ2) is 9.12. The maximum absolute atomic E-state index is 14.6. The Kier molecular flexibility index (Phi) is 6.24. The van der Waals surface area contributed by atoms with Crippen LogP contribution in [0.15, 0.2) is 30.6 Å². The molecule has 11 heteroatoms. The summed E-state index contributed by atoms with van der Waals surface area (Å²) in [5, 5.41) is 14.0. The molecule has 8 nitrogen and oxygen atoms in total. The second-order valence-electron chi connectivity index (χ2n) is 10.1. The zero-order chi connectivity index (χ0) is 25.8. The number of benzene rings is 2. The highest BCUT2D eigenvalue weighted by molar-refractivity contribution is 6.42. The number of phenols is 1. The summed E-state index contributed by atoms with van der Waals surface area (Å²) in [6.07, 6.45) is 1.76. The number of hydrogen-bond acceptors (Lipinski definition) is 7. The molecule has 3 aromatic rings. The van der Waals surface area contributed by atoms with Gasteiger partial charge in [-0.3, -0.25) is 0 Å². The molecule has 2 saturated heterocycles. The summed E-state index contributed by atoms with van der Waals surface area (Å²) in [5.74, 6) is 0.0554. The van der Waals surface area contributed by atoms with Crippen LogP contribution in [0.25, 0.3) is 10.9 Å². The molecule has 2 aromatic carbocycles. The Labute approximate surface area is 217 Å². The minimum absolute atomic E-state index is 0.0677. The fraction of sp³-hybridized carbons (Fsp3) is 0.400. The van der Waals surface area contributed by atoms with Crippen LogP contribution in [0, 0.1) is 17.7 Å². The van der Waals surface area contributed by atoms with Gasteiger partial charge in [-0.1, -0.05) is 23.2 Å². The van der Waals surface area contributed by atoms with E-state index in [1.54, 1.807) is 11.0 Å². The lowest BCUT2D eigenvalue weighted by Gasteiger charge is -2.52. The SMILES string of the molecule is CC(C)(C)OC(=O)N1C[C@H]2C[C@@H](C1)C2Oc1cc2c(Nc3ccc(Cl)c(Cl)c3F)ncnc2cc1O. The van der Waals surface area contributed by atoms with Crippen LogP contribution in [0.4, 0.5) is 20.7 Å². The Morgan fingerprint density at radius 1 is 1.19 bits per heavy atom. The lowest BCUT2D eigenvalue weighted by atomic mass is 9.68. The van der Waals surface area contributed by atoms with Crippen LogP contribution in [-0.2, 0) is 4.74 Å². The molecule has 3 heterocycles. The quantitative estimate of drug-likeness (QED) is 0.387. The topological polar surface area (TPSA) is 96.8 Å². The van der Waals surface area contributed by atoms with Crippen molar-refractivity contribution in [3.8, 4) is 11.5 Å². The number of amides is 1. The molecule has 0 radical (unpaired) electrons. The number of carbonyl (C=O) groups is 1. The first-order valence-electron chi connectivity index (χ1n) is 11.5. The highest BCUT2D eigenvalue weighted by Crippen LogP contribution is 2.45. The minimum atomic E-state index is -0.706. The van der Waals surface area contributed by atoms with Crippen molar-refractivity contribution in [3.05, 3.63) is 46.5 Å². The lowest BCUT2D eigenvalue weighted by Crippen LogP contribution is -2.62. The molecule has 6 rings (SSSR count). The zero-order valence-electron chi connectivity index (χ0n) is 19.9. The van der Waals surface area contributed by atoms with Crippen LogP contribution >= 0.6 is 23.2 Å². The fourth-order valence-electron chi connectivity index (χ4n) is 4.67. The highest BCUT2D eigenvalue weighted by atomic mass is 35.5. The number of anilines is 2. The third-order valence-corrected chi connectivity index (χ3v) is 7.14. The van der Waals surface area contributed by atoms with E-state index in [1.165, 1.54) is 24.5 Å². The van der Waals surface area contributed by atoms with Crippen LogP contribution < -0.4 is 10.1 Å². The summed E-state index contributed by atoms with van der Waals surface area (Å²) >= 11 is 11.8. The third-order valence-electron chi connectivity index (χ3n) is 6.36. The van der Waals surface area contributed by atoms with Crippen LogP contribution in [0.5, 0.6) is 11.5 Å². The molecule has 2 aliphatic heterocycles. The third kappa shape index (κ3) is 4.69. The molecule has 36 heavy (non-hydrogen) atoms. The zero-order valence-corrected chi connectivity index (χ0v) is 21.4. The molecule has 190 valence electrons. The first-order chi connectivity index (χ1) is 17.0. The summed E-state index contributed by atoms with van der Waals surface area (Å²) in [6, 6.07) is 6.04. The van der Waals surface area contributed by atoms with E-state index < -0.39 is 11.4 Å². The van der Waals surface area contributed by atoms with Crippen LogP contribution in [0.1, 0.15) is 27.2 Å². The molecule has 1 unspecified atom stereocenters. The van der Waals surface area contributed by atoms with Crippen molar-refractivity contribution in [2.45, 2.75) is 38.9 Å². The van der Waals surface area contributed by atoms with E-state index in [4.69, 9.17) is 32.7 Å². The average molecular weight is 535 g/mol. The number of aromatic nitrogens is 2. The molecular weight excluding hydrogens is 510 g/mol. The van der Waals surface area contributed by atoms with Gasteiger partial charge in [-0.05, 0) is 45.4 Å². The number of carbonyl (C=O) groups excluding carboxylic acids is 1. The van der Waals surface area contributed by atoms with E-state index >= 15 is 0 Å². The molecule has 3 atom stereocenters. The van der Waals surface area contributed by atoms with Gasteiger partial charge in [0.05, 0.1) is 21.2 Å². The van der Waals surface area contributed by atoms with Crippen molar-refractivity contribution in [3.63, 3.8) is 0 Å². The smallest absolute Gasteiger partial charge is 0.410 e. The molecule has 1 saturated carbocycles. The first kappa shape index (κ1) is 24.6. The number of aromatic hydroxyl groups is 1. The number of nitrogens with zero attached hydrogens (tertiary/aromatic N) is 3. The number of rotatable bonds is 4. The monoisotopic (exact) mass is 534 g/mol. The van der Waals surface area contributed by atoms with Crippen molar-refractivity contribution in [2.75, 3.05) is 18.4 Å². The van der Waals surface area contributed by atoms with Gasteiger partial charge >= 0.3 is 6.09 Å². The number of halogens is 3. The number of fused-ring (bicyclic) bond motifs is 3. The van der Waals surface area contributed by atoms with Crippen molar-refractivity contribution >= 4 is 51.7 Å². The molecule has 3 fully saturated rings. The molecule has 3 aliphatic rings. The number of piperidine rings is 2. The van der Waals surface area contributed by atoms with E-state index in [0.717, 1.165) is 6.42 Å². The molecular formula is C25H25Cl2FN4O4. The molecule has 0 spiro atoms. The van der Waals surface area contributed by atoms with E-state index in [-0.39, 0.29) is 51.3 Å². The van der Waals surface area contributed by atoms with Crippen LogP contribution in [0.2, 0.25) is 10.0 Å². The fourth-order valence-corrected chi connectivity index (χ4v) is 4.99. The van der Waals surface area contributed by atoms with E-state index in [0.29, 0.717) is 29.8 Å². The molecule has 1 amide bonds. The van der Waals surface area contributed by atoms with Gasteiger partial charge in [0.15, 0.2) is 17.3 Å². The van der Waals surface area contributed by atoms with Gasteiger partial charge in [0.2, 0.25) is 0 Å². The first-order valence-corrected chi connectivity index (χ1v) is 12.3. The molecule has 1 aromatic heterocycles. The number of nitrogens with one attached hydrogen (secondary N) is 1. The van der Waals surface area contributed by atoms with Crippen LogP contribution in [-0.4, -0.2) is 50.9 Å². The Morgan fingerprint density at radius 3 is 2.61 bits per heavy atom. The Bertz CT molecular complexity index is 1340. The number of ether oxygens (including phenoxy) is 2. The van der Waals surface area contributed by atoms with Gasteiger partial charge in [0, 0.05) is 36.4 Å². The second-order valence-corrected chi connectivity index (χ2v) is 10.9. The van der Waals surface area contributed by atoms with E-state index in [1.807, 2.05) is 20.8 Å². The van der Waals surface area contributed by atoms with Gasteiger partial charge in [-0.25, -0.2) is 19.2 Å².